The van der Waals surface area contributed by atoms with Crippen LogP contribution in [0.5, 0.6) is 11.5 Å². The molecule has 24 heavy (non-hydrogen) atoms. The molecule has 0 heterocycles. The van der Waals surface area contributed by atoms with Gasteiger partial charge in [-0.25, -0.2) is 13.1 Å². The van der Waals surface area contributed by atoms with Crippen LogP contribution in [-0.4, -0.2) is 22.6 Å². The lowest BCUT2D eigenvalue weighted by atomic mass is 9.97. The molecule has 0 saturated heterocycles. The Hall–Kier alpha value is -2.05. The van der Waals surface area contributed by atoms with Crippen molar-refractivity contribution in [1.82, 2.24) is 4.72 Å². The number of nitrogens with one attached hydrogen (secondary N) is 1. The monoisotopic (exact) mass is 349 g/mol. The van der Waals surface area contributed by atoms with Gasteiger partial charge >= 0.3 is 0 Å². The minimum atomic E-state index is -3.64. The number of methoxy groups -OCH3 is 2. The third kappa shape index (κ3) is 4.07. The SMILES string of the molecule is COc1ccc(S(=O)(=O)NCc2ccccc2C(C)C)cc1OC. The highest BCUT2D eigenvalue weighted by molar-refractivity contribution is 7.89. The van der Waals surface area contributed by atoms with Crippen molar-refractivity contribution in [3.8, 4) is 11.5 Å². The quantitative estimate of drug-likeness (QED) is 0.833. The van der Waals surface area contributed by atoms with E-state index in [-0.39, 0.29) is 11.4 Å². The number of hydrogen-bond acceptors (Lipinski definition) is 4. The molecule has 0 unspecified atom stereocenters. The lowest BCUT2D eigenvalue weighted by Crippen LogP contribution is -2.24. The van der Waals surface area contributed by atoms with Crippen molar-refractivity contribution in [2.24, 2.45) is 0 Å². The van der Waals surface area contributed by atoms with Crippen LogP contribution >= 0.6 is 0 Å². The molecule has 0 aliphatic carbocycles. The van der Waals surface area contributed by atoms with E-state index in [0.29, 0.717) is 17.4 Å². The van der Waals surface area contributed by atoms with E-state index >= 15 is 0 Å². The molecular weight excluding hydrogens is 326 g/mol. The molecular formula is C18H23NO4S. The van der Waals surface area contributed by atoms with E-state index in [1.54, 1.807) is 6.07 Å². The molecule has 0 aliphatic heterocycles. The fourth-order valence-corrected chi connectivity index (χ4v) is 3.52. The van der Waals surface area contributed by atoms with Crippen molar-refractivity contribution >= 4 is 10.0 Å². The maximum absolute atomic E-state index is 12.5. The summed E-state index contributed by atoms with van der Waals surface area (Å²) in [6.07, 6.45) is 0. The third-order valence-electron chi connectivity index (χ3n) is 3.80. The van der Waals surface area contributed by atoms with Gasteiger partial charge in [-0.2, -0.15) is 0 Å². The Morgan fingerprint density at radius 1 is 1.00 bits per heavy atom. The molecule has 5 nitrogen and oxygen atoms in total. The number of rotatable bonds is 7. The molecule has 6 heteroatoms. The second-order valence-corrected chi connectivity index (χ2v) is 7.46. The molecule has 0 saturated carbocycles. The molecule has 0 bridgehead atoms. The normalized spacial score (nSPS) is 11.5. The zero-order valence-electron chi connectivity index (χ0n) is 14.4. The van der Waals surface area contributed by atoms with Crippen LogP contribution in [0, 0.1) is 0 Å². The molecule has 1 N–H and O–H groups in total. The summed E-state index contributed by atoms with van der Waals surface area (Å²) < 4.78 is 38.0. The molecule has 0 radical (unpaired) electrons. The van der Waals surface area contributed by atoms with Gasteiger partial charge in [0.25, 0.3) is 0 Å². The van der Waals surface area contributed by atoms with Gasteiger partial charge in [-0.15, -0.1) is 0 Å². The van der Waals surface area contributed by atoms with Gasteiger partial charge in [0.2, 0.25) is 10.0 Å². The first-order valence-corrected chi connectivity index (χ1v) is 9.17. The van der Waals surface area contributed by atoms with E-state index in [4.69, 9.17) is 9.47 Å². The first-order chi connectivity index (χ1) is 11.4. The minimum absolute atomic E-state index is 0.141. The van der Waals surface area contributed by atoms with E-state index in [9.17, 15) is 8.42 Å². The van der Waals surface area contributed by atoms with Gasteiger partial charge < -0.3 is 9.47 Å². The Labute approximate surface area is 143 Å². The second-order valence-electron chi connectivity index (χ2n) is 5.69. The maximum Gasteiger partial charge on any atom is 0.241 e. The smallest absolute Gasteiger partial charge is 0.241 e. The molecule has 2 aromatic rings. The van der Waals surface area contributed by atoms with Crippen molar-refractivity contribution in [1.29, 1.82) is 0 Å². The standard InChI is InChI=1S/C18H23NO4S/c1-13(2)16-8-6-5-7-14(16)12-19-24(20,21)15-9-10-17(22-3)18(11-15)23-4/h5-11,13,19H,12H2,1-4H3. The van der Waals surface area contributed by atoms with Gasteiger partial charge in [0, 0.05) is 12.6 Å². The Morgan fingerprint density at radius 2 is 1.67 bits per heavy atom. The van der Waals surface area contributed by atoms with Crippen LogP contribution in [-0.2, 0) is 16.6 Å². The van der Waals surface area contributed by atoms with Crippen molar-refractivity contribution < 1.29 is 17.9 Å². The molecule has 0 amide bonds. The maximum atomic E-state index is 12.5. The van der Waals surface area contributed by atoms with E-state index in [0.717, 1.165) is 11.1 Å². The van der Waals surface area contributed by atoms with E-state index in [1.807, 2.05) is 24.3 Å². The van der Waals surface area contributed by atoms with Crippen molar-refractivity contribution in [3.05, 3.63) is 53.6 Å². The van der Waals surface area contributed by atoms with Crippen LogP contribution in [0.4, 0.5) is 0 Å². The summed E-state index contributed by atoms with van der Waals surface area (Å²) in [6.45, 7) is 4.41. The van der Waals surface area contributed by atoms with Gasteiger partial charge in [-0.1, -0.05) is 38.1 Å². The van der Waals surface area contributed by atoms with Gasteiger partial charge in [-0.3, -0.25) is 0 Å². The summed E-state index contributed by atoms with van der Waals surface area (Å²) >= 11 is 0. The predicted octanol–water partition coefficient (Wildman–Crippen LogP) is 3.31. The fourth-order valence-electron chi connectivity index (χ4n) is 2.50. The number of ether oxygens (including phenoxy) is 2. The summed E-state index contributed by atoms with van der Waals surface area (Å²) in [5.74, 6) is 1.19. The summed E-state index contributed by atoms with van der Waals surface area (Å²) in [5.41, 5.74) is 2.10. The van der Waals surface area contributed by atoms with Crippen molar-refractivity contribution in [2.75, 3.05) is 14.2 Å². The molecule has 2 rings (SSSR count). The summed E-state index contributed by atoms with van der Waals surface area (Å²) in [6, 6.07) is 12.4. The third-order valence-corrected chi connectivity index (χ3v) is 5.19. The van der Waals surface area contributed by atoms with Crippen molar-refractivity contribution in [3.63, 3.8) is 0 Å². The molecule has 130 valence electrons. The Kier molecular flexibility index (Phi) is 5.85. The van der Waals surface area contributed by atoms with E-state index in [2.05, 4.69) is 18.6 Å². The molecule has 0 aromatic heterocycles. The largest absolute Gasteiger partial charge is 0.493 e. The zero-order chi connectivity index (χ0) is 17.7. The fraction of sp³-hybridized carbons (Fsp3) is 0.333. The highest BCUT2D eigenvalue weighted by Gasteiger charge is 2.17. The Morgan fingerprint density at radius 3 is 2.29 bits per heavy atom. The van der Waals surface area contributed by atoms with E-state index < -0.39 is 10.0 Å². The number of hydrogen-bond donors (Lipinski definition) is 1. The van der Waals surface area contributed by atoms with Crippen LogP contribution in [0.2, 0.25) is 0 Å². The Bertz CT molecular complexity index is 800. The number of benzene rings is 2. The first-order valence-electron chi connectivity index (χ1n) is 7.68. The average molecular weight is 349 g/mol. The summed E-state index contributed by atoms with van der Waals surface area (Å²) in [5, 5.41) is 0. The van der Waals surface area contributed by atoms with Gasteiger partial charge in [0.1, 0.15) is 0 Å². The Balaban J connectivity index is 2.24. The van der Waals surface area contributed by atoms with E-state index in [1.165, 1.54) is 26.4 Å². The van der Waals surface area contributed by atoms with Crippen LogP contribution in [0.3, 0.4) is 0 Å². The van der Waals surface area contributed by atoms with Crippen LogP contribution in [0.1, 0.15) is 30.9 Å². The highest BCUT2D eigenvalue weighted by Crippen LogP contribution is 2.29. The van der Waals surface area contributed by atoms with Gasteiger partial charge in [-0.05, 0) is 29.2 Å². The molecule has 0 fully saturated rings. The summed E-state index contributed by atoms with van der Waals surface area (Å²) in [7, 11) is -0.664. The molecule has 2 aromatic carbocycles. The first kappa shape index (κ1) is 18.3. The van der Waals surface area contributed by atoms with Crippen LogP contribution < -0.4 is 14.2 Å². The molecule has 0 aliphatic rings. The van der Waals surface area contributed by atoms with Crippen LogP contribution in [0.15, 0.2) is 47.4 Å². The average Bonchev–Trinajstić information content (AvgIpc) is 2.59. The topological polar surface area (TPSA) is 64.6 Å². The van der Waals surface area contributed by atoms with Crippen molar-refractivity contribution in [2.45, 2.75) is 31.2 Å². The second kappa shape index (κ2) is 7.68. The number of sulfonamides is 1. The minimum Gasteiger partial charge on any atom is -0.493 e. The highest BCUT2D eigenvalue weighted by atomic mass is 32.2. The lowest BCUT2D eigenvalue weighted by molar-refractivity contribution is 0.354. The van der Waals surface area contributed by atoms with Gasteiger partial charge in [0.05, 0.1) is 19.1 Å². The molecule has 0 atom stereocenters. The van der Waals surface area contributed by atoms with Crippen LogP contribution in [0.25, 0.3) is 0 Å². The van der Waals surface area contributed by atoms with Gasteiger partial charge in [0.15, 0.2) is 11.5 Å². The summed E-state index contributed by atoms with van der Waals surface area (Å²) in [4.78, 5) is 0.141. The zero-order valence-corrected chi connectivity index (χ0v) is 15.2. The molecule has 0 spiro atoms. The lowest BCUT2D eigenvalue weighted by Gasteiger charge is -2.14. The predicted molar refractivity (Wildman–Crippen MR) is 94.1 cm³/mol.